The van der Waals surface area contributed by atoms with E-state index in [-0.39, 0.29) is 17.7 Å². The molecule has 9 heteroatoms. The SMILES string of the molecule is COC1CNC(C(=O)Nc2cc(C(CCC3CC3)(N[S@](=O)C(C)(C)C)c3ccncc3)ccc2F)C1. The van der Waals surface area contributed by atoms with Crippen LogP contribution in [-0.2, 0) is 26.1 Å². The molecule has 1 aliphatic heterocycles. The molecule has 2 aromatic rings. The molecular formula is C27H37FN4O3S. The number of ether oxygens (including phenoxy) is 1. The summed E-state index contributed by atoms with van der Waals surface area (Å²) < 4.78 is 36.7. The molecule has 3 unspecified atom stereocenters. The molecule has 1 aromatic heterocycles. The Morgan fingerprint density at radius 2 is 1.92 bits per heavy atom. The molecule has 4 rings (SSSR count). The van der Waals surface area contributed by atoms with Crippen molar-refractivity contribution >= 4 is 22.6 Å². The molecule has 4 atom stereocenters. The average Bonchev–Trinajstić information content (AvgIpc) is 3.56. The van der Waals surface area contributed by atoms with Crippen molar-refractivity contribution in [3.05, 3.63) is 59.7 Å². The molecule has 1 saturated heterocycles. The van der Waals surface area contributed by atoms with Crippen molar-refractivity contribution in [3.8, 4) is 0 Å². The number of rotatable bonds is 10. The number of aromatic nitrogens is 1. The maximum atomic E-state index is 15.0. The third-order valence-corrected chi connectivity index (χ3v) is 8.72. The summed E-state index contributed by atoms with van der Waals surface area (Å²) in [4.78, 5) is 17.1. The third-order valence-electron chi connectivity index (χ3n) is 7.08. The summed E-state index contributed by atoms with van der Waals surface area (Å²) in [6, 6.07) is 8.14. The smallest absolute Gasteiger partial charge is 0.241 e. The number of pyridine rings is 1. The van der Waals surface area contributed by atoms with Crippen molar-refractivity contribution in [2.75, 3.05) is 19.0 Å². The summed E-state index contributed by atoms with van der Waals surface area (Å²) in [6.45, 7) is 6.34. The van der Waals surface area contributed by atoms with Gasteiger partial charge in [-0.25, -0.2) is 13.3 Å². The van der Waals surface area contributed by atoms with Gasteiger partial charge in [0.15, 0.2) is 0 Å². The van der Waals surface area contributed by atoms with E-state index in [9.17, 15) is 13.4 Å². The van der Waals surface area contributed by atoms with E-state index in [2.05, 4.69) is 20.3 Å². The van der Waals surface area contributed by atoms with E-state index in [1.165, 1.54) is 18.9 Å². The number of carbonyl (C=O) groups excluding carboxylic acids is 1. The molecule has 1 saturated carbocycles. The van der Waals surface area contributed by atoms with Crippen molar-refractivity contribution in [2.45, 2.75) is 75.3 Å². The Labute approximate surface area is 215 Å². The van der Waals surface area contributed by atoms with Crippen LogP contribution in [0, 0.1) is 11.7 Å². The lowest BCUT2D eigenvalue weighted by atomic mass is 9.79. The molecular weight excluding hydrogens is 479 g/mol. The first-order valence-electron chi connectivity index (χ1n) is 12.6. The number of hydrogen-bond donors (Lipinski definition) is 3. The Hall–Kier alpha value is -2.20. The van der Waals surface area contributed by atoms with E-state index >= 15 is 0 Å². The summed E-state index contributed by atoms with van der Waals surface area (Å²) in [7, 11) is 0.209. The van der Waals surface area contributed by atoms with Gasteiger partial charge in [-0.2, -0.15) is 0 Å². The van der Waals surface area contributed by atoms with Crippen molar-refractivity contribution in [3.63, 3.8) is 0 Å². The quantitative estimate of drug-likeness (QED) is 0.444. The van der Waals surface area contributed by atoms with Crippen LogP contribution in [0.4, 0.5) is 10.1 Å². The Morgan fingerprint density at radius 1 is 1.19 bits per heavy atom. The number of methoxy groups -OCH3 is 1. The van der Waals surface area contributed by atoms with E-state index in [1.54, 1.807) is 31.6 Å². The second-order valence-electron chi connectivity index (χ2n) is 10.8. The summed E-state index contributed by atoms with van der Waals surface area (Å²) >= 11 is 0. The monoisotopic (exact) mass is 516 g/mol. The van der Waals surface area contributed by atoms with E-state index in [4.69, 9.17) is 4.74 Å². The van der Waals surface area contributed by atoms with E-state index in [1.807, 2.05) is 32.9 Å². The fourth-order valence-corrected chi connectivity index (χ4v) is 5.55. The number of amides is 1. The second kappa shape index (κ2) is 11.0. The number of carbonyl (C=O) groups is 1. The Balaban J connectivity index is 1.72. The second-order valence-corrected chi connectivity index (χ2v) is 12.8. The highest BCUT2D eigenvalue weighted by atomic mass is 32.2. The van der Waals surface area contributed by atoms with Crippen molar-refractivity contribution in [2.24, 2.45) is 5.92 Å². The van der Waals surface area contributed by atoms with Crippen LogP contribution in [0.5, 0.6) is 0 Å². The fourth-order valence-electron chi connectivity index (χ4n) is 4.59. The van der Waals surface area contributed by atoms with Gasteiger partial charge in [-0.1, -0.05) is 18.9 Å². The van der Waals surface area contributed by atoms with Crippen molar-refractivity contribution < 1.29 is 18.1 Å². The lowest BCUT2D eigenvalue weighted by Gasteiger charge is -2.38. The zero-order valence-corrected chi connectivity index (χ0v) is 22.3. The lowest BCUT2D eigenvalue weighted by Crippen LogP contribution is -2.49. The molecule has 1 aliphatic carbocycles. The number of nitrogens with one attached hydrogen (secondary N) is 3. The summed E-state index contributed by atoms with van der Waals surface area (Å²) in [5.41, 5.74) is 0.912. The van der Waals surface area contributed by atoms with Gasteiger partial charge in [-0.15, -0.1) is 0 Å². The first-order valence-corrected chi connectivity index (χ1v) is 13.7. The molecule has 3 N–H and O–H groups in total. The molecule has 0 spiro atoms. The van der Waals surface area contributed by atoms with Crippen LogP contribution in [-0.4, -0.2) is 45.6 Å². The van der Waals surface area contributed by atoms with E-state index in [0.717, 1.165) is 17.5 Å². The Kier molecular flexibility index (Phi) is 8.24. The fraction of sp³-hybridized carbons (Fsp3) is 0.556. The minimum atomic E-state index is -1.41. The zero-order valence-electron chi connectivity index (χ0n) is 21.5. The number of hydrogen-bond acceptors (Lipinski definition) is 5. The van der Waals surface area contributed by atoms with Gasteiger partial charge in [0.1, 0.15) is 5.82 Å². The highest BCUT2D eigenvalue weighted by Gasteiger charge is 2.40. The molecule has 1 amide bonds. The summed E-state index contributed by atoms with van der Waals surface area (Å²) in [5.74, 6) is -0.182. The normalized spacial score (nSPS) is 22.7. The van der Waals surface area contributed by atoms with Crippen LogP contribution in [0.3, 0.4) is 0 Å². The lowest BCUT2D eigenvalue weighted by molar-refractivity contribution is -0.118. The predicted molar refractivity (Wildman–Crippen MR) is 140 cm³/mol. The summed E-state index contributed by atoms with van der Waals surface area (Å²) in [5, 5.41) is 5.90. The van der Waals surface area contributed by atoms with Gasteiger partial charge in [0, 0.05) is 26.0 Å². The molecule has 2 heterocycles. The van der Waals surface area contributed by atoms with E-state index < -0.39 is 33.1 Å². The van der Waals surface area contributed by atoms with Gasteiger partial charge in [0.2, 0.25) is 5.91 Å². The number of anilines is 1. The highest BCUT2D eigenvalue weighted by molar-refractivity contribution is 7.84. The molecule has 0 bridgehead atoms. The average molecular weight is 517 g/mol. The molecule has 2 aliphatic rings. The van der Waals surface area contributed by atoms with Crippen LogP contribution < -0.4 is 15.4 Å². The number of halogens is 1. The van der Waals surface area contributed by atoms with Crippen LogP contribution in [0.15, 0.2) is 42.7 Å². The largest absolute Gasteiger partial charge is 0.380 e. The zero-order chi connectivity index (χ0) is 25.9. The van der Waals surface area contributed by atoms with Gasteiger partial charge < -0.3 is 15.4 Å². The van der Waals surface area contributed by atoms with Gasteiger partial charge in [0.05, 0.1) is 39.1 Å². The number of benzene rings is 1. The Morgan fingerprint density at radius 3 is 2.53 bits per heavy atom. The maximum absolute atomic E-state index is 15.0. The highest BCUT2D eigenvalue weighted by Crippen LogP contribution is 2.42. The van der Waals surface area contributed by atoms with Gasteiger partial charge in [0.25, 0.3) is 0 Å². The number of nitrogens with zero attached hydrogens (tertiary/aromatic N) is 1. The maximum Gasteiger partial charge on any atom is 0.241 e. The van der Waals surface area contributed by atoms with Crippen LogP contribution in [0.25, 0.3) is 0 Å². The summed E-state index contributed by atoms with van der Waals surface area (Å²) in [6.07, 6.45) is 7.92. The molecule has 2 fully saturated rings. The predicted octanol–water partition coefficient (Wildman–Crippen LogP) is 4.02. The molecule has 196 valence electrons. The molecule has 0 radical (unpaired) electrons. The van der Waals surface area contributed by atoms with Crippen LogP contribution in [0.2, 0.25) is 0 Å². The van der Waals surface area contributed by atoms with Crippen molar-refractivity contribution in [1.82, 2.24) is 15.0 Å². The standard InChI is InChI=1S/C27H37FN4O3S/c1-26(2,3)36(34)32-27(12-9-18-5-6-18,19-10-13-29-14-11-19)20-7-8-22(28)23(15-20)31-25(33)24-16-21(35-4)17-30-24/h7-8,10-11,13-15,18,21,24,30,32H,5-6,9,12,16-17H2,1-4H3,(H,31,33)/t21?,24?,27?,36-/m1/s1. The van der Waals surface area contributed by atoms with Gasteiger partial charge >= 0.3 is 0 Å². The van der Waals surface area contributed by atoms with Crippen LogP contribution in [0.1, 0.15) is 64.0 Å². The third kappa shape index (κ3) is 6.19. The first-order chi connectivity index (χ1) is 17.1. The van der Waals surface area contributed by atoms with Crippen molar-refractivity contribution in [1.29, 1.82) is 0 Å². The Bertz CT molecular complexity index is 1090. The van der Waals surface area contributed by atoms with Gasteiger partial charge in [-0.3, -0.25) is 9.78 Å². The van der Waals surface area contributed by atoms with Crippen LogP contribution >= 0.6 is 0 Å². The minimum absolute atomic E-state index is 0.0460. The minimum Gasteiger partial charge on any atom is -0.380 e. The first kappa shape index (κ1) is 26.9. The van der Waals surface area contributed by atoms with E-state index in [0.29, 0.717) is 25.3 Å². The molecule has 7 nitrogen and oxygen atoms in total. The molecule has 1 aromatic carbocycles. The molecule has 36 heavy (non-hydrogen) atoms. The topological polar surface area (TPSA) is 92.4 Å². The van der Waals surface area contributed by atoms with Gasteiger partial charge in [-0.05, 0) is 81.3 Å².